The number of methoxy groups -OCH3 is 1. The fraction of sp³-hybridized carbons (Fsp3) is 0.667. The van der Waals surface area contributed by atoms with E-state index in [1.807, 2.05) is 13.8 Å². The molecule has 1 fully saturated rings. The number of aliphatic hydroxyl groups excluding tert-OH is 1. The predicted octanol–water partition coefficient (Wildman–Crippen LogP) is 3.09. The summed E-state index contributed by atoms with van der Waals surface area (Å²) in [6, 6.07) is 1.75. The topological polar surface area (TPSA) is 117 Å². The number of carbonyl (C=O) groups is 1. The van der Waals surface area contributed by atoms with Crippen LogP contribution in [0.4, 0.5) is 4.79 Å². The summed E-state index contributed by atoms with van der Waals surface area (Å²) in [5, 5.41) is 11.9. The van der Waals surface area contributed by atoms with Gasteiger partial charge in [0.15, 0.2) is 5.16 Å². The monoisotopic (exact) mass is 439 g/mol. The SMILES string of the molecule is CC[C@H](CC=C(C)C)O[C@]1(CSc2ncccn2)CCC(OC(N)=O)C(OC)C1O. The molecule has 1 aliphatic rings. The summed E-state index contributed by atoms with van der Waals surface area (Å²) in [6.07, 6.45) is 4.64. The van der Waals surface area contributed by atoms with Crippen LogP contribution in [0.2, 0.25) is 0 Å². The molecular weight excluding hydrogens is 406 g/mol. The van der Waals surface area contributed by atoms with Crippen LogP contribution >= 0.6 is 11.8 Å². The lowest BCUT2D eigenvalue weighted by Crippen LogP contribution is -2.62. The molecule has 1 aliphatic carbocycles. The third kappa shape index (κ3) is 6.66. The van der Waals surface area contributed by atoms with Crippen LogP contribution in [0.25, 0.3) is 0 Å². The molecule has 1 amide bonds. The summed E-state index contributed by atoms with van der Waals surface area (Å²) in [6.45, 7) is 6.16. The van der Waals surface area contributed by atoms with Crippen LogP contribution in [-0.4, -0.2) is 64.0 Å². The highest BCUT2D eigenvalue weighted by Crippen LogP contribution is 2.40. The summed E-state index contributed by atoms with van der Waals surface area (Å²) in [7, 11) is 1.48. The van der Waals surface area contributed by atoms with Gasteiger partial charge in [0.25, 0.3) is 0 Å². The van der Waals surface area contributed by atoms with Crippen molar-refractivity contribution < 1.29 is 24.1 Å². The average Bonchev–Trinajstić information content (AvgIpc) is 2.72. The number of ether oxygens (including phenoxy) is 3. The highest BCUT2D eigenvalue weighted by Gasteiger charge is 2.52. The van der Waals surface area contributed by atoms with Gasteiger partial charge >= 0.3 is 6.09 Å². The first-order valence-electron chi connectivity index (χ1n) is 10.2. The van der Waals surface area contributed by atoms with Gasteiger partial charge in [0.1, 0.15) is 23.9 Å². The minimum Gasteiger partial charge on any atom is -0.444 e. The Morgan fingerprint density at radius 3 is 2.70 bits per heavy atom. The molecule has 1 heterocycles. The number of carbonyl (C=O) groups excluding carboxylic acids is 1. The van der Waals surface area contributed by atoms with E-state index < -0.39 is 30.0 Å². The average molecular weight is 440 g/mol. The third-order valence-electron chi connectivity index (χ3n) is 5.24. The minimum absolute atomic E-state index is 0.0713. The molecule has 1 aromatic heterocycles. The number of nitrogens with two attached hydrogens (primary N) is 1. The molecule has 3 N–H and O–H groups in total. The van der Waals surface area contributed by atoms with Gasteiger partial charge in [-0.05, 0) is 45.6 Å². The molecule has 1 aromatic rings. The van der Waals surface area contributed by atoms with Crippen LogP contribution in [0.5, 0.6) is 0 Å². The summed E-state index contributed by atoms with van der Waals surface area (Å²) in [5.74, 6) is 0.437. The minimum atomic E-state index is -1.02. The Kier molecular flexibility index (Phi) is 9.54. The largest absolute Gasteiger partial charge is 0.444 e. The molecule has 0 spiro atoms. The van der Waals surface area contributed by atoms with E-state index in [4.69, 9.17) is 19.9 Å². The van der Waals surface area contributed by atoms with E-state index in [-0.39, 0.29) is 6.10 Å². The molecule has 0 aliphatic heterocycles. The van der Waals surface area contributed by atoms with Gasteiger partial charge < -0.3 is 25.1 Å². The van der Waals surface area contributed by atoms with Crippen molar-refractivity contribution in [2.24, 2.45) is 5.73 Å². The predicted molar refractivity (Wildman–Crippen MR) is 115 cm³/mol. The second-order valence-corrected chi connectivity index (χ2v) is 8.65. The van der Waals surface area contributed by atoms with Crippen molar-refractivity contribution in [1.82, 2.24) is 9.97 Å². The van der Waals surface area contributed by atoms with Crippen molar-refractivity contribution in [1.29, 1.82) is 0 Å². The molecule has 8 nitrogen and oxygen atoms in total. The number of hydrogen-bond donors (Lipinski definition) is 2. The van der Waals surface area contributed by atoms with Crippen LogP contribution in [0, 0.1) is 0 Å². The van der Waals surface area contributed by atoms with Gasteiger partial charge in [-0.1, -0.05) is 30.3 Å². The number of nitrogens with zero attached hydrogens (tertiary/aromatic N) is 2. The molecule has 5 atom stereocenters. The zero-order valence-corrected chi connectivity index (χ0v) is 18.9. The second-order valence-electron chi connectivity index (χ2n) is 7.71. The highest BCUT2D eigenvalue weighted by molar-refractivity contribution is 7.99. The molecule has 2 rings (SSSR count). The Bertz CT molecular complexity index is 701. The zero-order valence-electron chi connectivity index (χ0n) is 18.1. The van der Waals surface area contributed by atoms with Crippen molar-refractivity contribution in [3.63, 3.8) is 0 Å². The number of hydrogen-bond acceptors (Lipinski definition) is 8. The van der Waals surface area contributed by atoms with E-state index in [1.165, 1.54) is 24.4 Å². The standard InChI is InChI=1S/C21H33N3O5S/c1-5-15(8-7-14(2)3)29-21(13-30-20-23-11-6-12-24-20)10-9-16(28-19(22)26)17(27-4)18(21)25/h6-7,11-12,15-18,25H,5,8-10,13H2,1-4H3,(H2,22,26)/t15-,16?,17?,18?,21+/m1/s1. The van der Waals surface area contributed by atoms with Crippen LogP contribution in [0.15, 0.2) is 35.3 Å². The molecule has 0 aromatic carbocycles. The highest BCUT2D eigenvalue weighted by atomic mass is 32.2. The quantitative estimate of drug-likeness (QED) is 0.324. The Morgan fingerprint density at radius 2 is 2.13 bits per heavy atom. The molecule has 0 bridgehead atoms. The van der Waals surface area contributed by atoms with E-state index >= 15 is 0 Å². The Labute approximate surface area is 182 Å². The van der Waals surface area contributed by atoms with E-state index in [1.54, 1.807) is 18.5 Å². The van der Waals surface area contributed by atoms with Crippen LogP contribution < -0.4 is 5.73 Å². The Morgan fingerprint density at radius 1 is 1.43 bits per heavy atom. The fourth-order valence-electron chi connectivity index (χ4n) is 3.62. The number of allylic oxidation sites excluding steroid dienone is 1. The zero-order chi connectivity index (χ0) is 22.1. The van der Waals surface area contributed by atoms with E-state index in [9.17, 15) is 9.90 Å². The number of aliphatic hydroxyl groups is 1. The van der Waals surface area contributed by atoms with Gasteiger partial charge in [-0.15, -0.1) is 0 Å². The van der Waals surface area contributed by atoms with Gasteiger partial charge in [-0.2, -0.15) is 0 Å². The summed E-state index contributed by atoms with van der Waals surface area (Å²) >= 11 is 1.42. The molecule has 0 saturated heterocycles. The van der Waals surface area contributed by atoms with Crippen molar-refractivity contribution >= 4 is 17.9 Å². The summed E-state index contributed by atoms with van der Waals surface area (Å²) < 4.78 is 17.3. The maximum atomic E-state index is 11.3. The number of amides is 1. The maximum Gasteiger partial charge on any atom is 0.404 e. The Balaban J connectivity index is 2.27. The van der Waals surface area contributed by atoms with Crippen molar-refractivity contribution in [3.05, 3.63) is 30.1 Å². The van der Waals surface area contributed by atoms with Crippen LogP contribution in [-0.2, 0) is 14.2 Å². The summed E-state index contributed by atoms with van der Waals surface area (Å²) in [5.41, 5.74) is 5.51. The van der Waals surface area contributed by atoms with Crippen molar-refractivity contribution in [2.75, 3.05) is 12.9 Å². The van der Waals surface area contributed by atoms with Gasteiger partial charge in [0, 0.05) is 25.3 Å². The third-order valence-corrected chi connectivity index (χ3v) is 6.34. The molecular formula is C21H33N3O5S. The van der Waals surface area contributed by atoms with Gasteiger partial charge in [-0.25, -0.2) is 14.8 Å². The molecule has 30 heavy (non-hydrogen) atoms. The Hall–Kier alpha value is -1.68. The first kappa shape index (κ1) is 24.6. The maximum absolute atomic E-state index is 11.3. The van der Waals surface area contributed by atoms with Gasteiger partial charge in [-0.3, -0.25) is 0 Å². The molecule has 9 heteroatoms. The number of rotatable bonds is 10. The molecule has 168 valence electrons. The first-order chi connectivity index (χ1) is 14.3. The number of primary amides is 1. The molecule has 3 unspecified atom stereocenters. The smallest absolute Gasteiger partial charge is 0.404 e. The van der Waals surface area contributed by atoms with Gasteiger partial charge in [0.05, 0.1) is 6.10 Å². The van der Waals surface area contributed by atoms with Gasteiger partial charge in [0.2, 0.25) is 0 Å². The van der Waals surface area contributed by atoms with E-state index in [0.29, 0.717) is 23.8 Å². The number of thioether (sulfide) groups is 1. The van der Waals surface area contributed by atoms with Crippen LogP contribution in [0.1, 0.15) is 46.5 Å². The lowest BCUT2D eigenvalue weighted by atomic mass is 9.79. The molecule has 1 saturated carbocycles. The van der Waals surface area contributed by atoms with Crippen LogP contribution in [0.3, 0.4) is 0 Å². The first-order valence-corrected chi connectivity index (χ1v) is 11.2. The van der Waals surface area contributed by atoms with Crippen molar-refractivity contribution in [2.45, 2.75) is 81.6 Å². The van der Waals surface area contributed by atoms with E-state index in [0.717, 1.165) is 12.8 Å². The summed E-state index contributed by atoms with van der Waals surface area (Å²) in [4.78, 5) is 19.8. The molecule has 0 radical (unpaired) electrons. The lowest BCUT2D eigenvalue weighted by molar-refractivity contribution is -0.219. The number of aromatic nitrogens is 2. The lowest BCUT2D eigenvalue weighted by Gasteiger charge is -2.48. The van der Waals surface area contributed by atoms with Crippen molar-refractivity contribution in [3.8, 4) is 0 Å². The van der Waals surface area contributed by atoms with E-state index in [2.05, 4.69) is 23.0 Å². The normalized spacial score (nSPS) is 27.3. The second kappa shape index (κ2) is 11.6. The fourth-order valence-corrected chi connectivity index (χ4v) is 4.65.